The molecule has 0 aliphatic heterocycles. The Bertz CT molecular complexity index is 810. The number of nitrogens with two attached hydrogens (primary N) is 1. The first-order valence-corrected chi connectivity index (χ1v) is 8.77. The van der Waals surface area contributed by atoms with Crippen LogP contribution in [0.15, 0.2) is 24.3 Å². The Morgan fingerprint density at radius 1 is 1.21 bits per heavy atom. The number of primary amides is 1. The fourth-order valence-electron chi connectivity index (χ4n) is 2.24. The molecule has 3 N–H and O–H groups in total. The van der Waals surface area contributed by atoms with Crippen molar-refractivity contribution in [3.05, 3.63) is 35.4 Å². The number of hydrogen-bond acceptors (Lipinski definition) is 7. The molecule has 9 nitrogen and oxygen atoms in total. The minimum absolute atomic E-state index is 0.0635. The molecule has 9 heteroatoms. The highest BCUT2D eigenvalue weighted by atomic mass is 16.6. The molecule has 0 spiro atoms. The highest BCUT2D eigenvalue weighted by molar-refractivity contribution is 5.88. The Labute approximate surface area is 169 Å². The minimum Gasteiger partial charge on any atom is -0.466 e. The molecule has 0 saturated carbocycles. The molecule has 2 amide bonds. The van der Waals surface area contributed by atoms with Gasteiger partial charge in [0.15, 0.2) is 0 Å². The Hall–Kier alpha value is -3.36. The van der Waals surface area contributed by atoms with Crippen LogP contribution in [0.5, 0.6) is 5.75 Å². The van der Waals surface area contributed by atoms with E-state index in [4.69, 9.17) is 15.2 Å². The first-order valence-electron chi connectivity index (χ1n) is 8.77. The number of esters is 2. The van der Waals surface area contributed by atoms with Crippen LogP contribution in [0.3, 0.4) is 0 Å². The van der Waals surface area contributed by atoms with Crippen molar-refractivity contribution < 1.29 is 33.4 Å². The van der Waals surface area contributed by atoms with E-state index in [2.05, 4.69) is 10.1 Å². The molecule has 0 aromatic heterocycles. The monoisotopic (exact) mass is 406 g/mol. The van der Waals surface area contributed by atoms with Gasteiger partial charge in [0.1, 0.15) is 17.4 Å². The van der Waals surface area contributed by atoms with Crippen LogP contribution in [0.25, 0.3) is 6.08 Å². The number of alkyl carbamates (subject to hydrolysis) is 1. The molecule has 0 fully saturated rings. The van der Waals surface area contributed by atoms with Gasteiger partial charge in [0.05, 0.1) is 7.11 Å². The third-order valence-corrected chi connectivity index (χ3v) is 3.40. The van der Waals surface area contributed by atoms with Crippen LogP contribution in [-0.2, 0) is 30.3 Å². The second kappa shape index (κ2) is 10.3. The SMILES string of the molecule is COC(=O)/C=C/c1cc(C[C@H](NC(=O)OC(C)(C)C)C(N)=O)ccc1OC(C)=O. The molecule has 0 heterocycles. The lowest BCUT2D eigenvalue weighted by molar-refractivity contribution is -0.135. The number of hydrogen-bond donors (Lipinski definition) is 2. The summed E-state index contributed by atoms with van der Waals surface area (Å²) in [5, 5.41) is 2.43. The molecule has 1 atom stereocenters. The zero-order chi connectivity index (χ0) is 22.2. The van der Waals surface area contributed by atoms with Crippen molar-refractivity contribution in [2.24, 2.45) is 5.73 Å². The van der Waals surface area contributed by atoms with Gasteiger partial charge in [0.25, 0.3) is 0 Å². The zero-order valence-corrected chi connectivity index (χ0v) is 17.1. The van der Waals surface area contributed by atoms with Gasteiger partial charge >= 0.3 is 18.0 Å². The summed E-state index contributed by atoms with van der Waals surface area (Å²) >= 11 is 0. The van der Waals surface area contributed by atoms with E-state index >= 15 is 0 Å². The number of amides is 2. The van der Waals surface area contributed by atoms with Crippen molar-refractivity contribution in [2.45, 2.75) is 45.8 Å². The zero-order valence-electron chi connectivity index (χ0n) is 17.1. The van der Waals surface area contributed by atoms with Gasteiger partial charge in [-0.15, -0.1) is 0 Å². The molecule has 0 aliphatic carbocycles. The van der Waals surface area contributed by atoms with Gasteiger partial charge in [-0.05, 0) is 44.5 Å². The maximum absolute atomic E-state index is 12.0. The van der Waals surface area contributed by atoms with Crippen molar-refractivity contribution in [3.63, 3.8) is 0 Å². The van der Waals surface area contributed by atoms with E-state index in [1.54, 1.807) is 32.9 Å². The Balaban J connectivity index is 3.09. The van der Waals surface area contributed by atoms with E-state index in [0.29, 0.717) is 11.1 Å². The number of benzene rings is 1. The molecular formula is C20H26N2O7. The molecule has 0 bridgehead atoms. The molecule has 1 rings (SSSR count). The van der Waals surface area contributed by atoms with E-state index in [1.807, 2.05) is 0 Å². The summed E-state index contributed by atoms with van der Waals surface area (Å²) in [6.07, 6.45) is 1.86. The first kappa shape index (κ1) is 23.7. The minimum atomic E-state index is -1.03. The number of methoxy groups -OCH3 is 1. The summed E-state index contributed by atoms with van der Waals surface area (Å²) in [6, 6.07) is 3.70. The van der Waals surface area contributed by atoms with Crippen LogP contribution in [-0.4, -0.2) is 42.7 Å². The van der Waals surface area contributed by atoms with E-state index in [-0.39, 0.29) is 12.2 Å². The molecule has 0 unspecified atom stereocenters. The summed E-state index contributed by atoms with van der Waals surface area (Å²) in [4.78, 5) is 46.4. The summed E-state index contributed by atoms with van der Waals surface area (Å²) in [5.74, 6) is -1.65. The molecule has 0 saturated heterocycles. The Morgan fingerprint density at radius 3 is 2.38 bits per heavy atom. The largest absolute Gasteiger partial charge is 0.466 e. The van der Waals surface area contributed by atoms with Crippen molar-refractivity contribution in [1.82, 2.24) is 5.32 Å². The average molecular weight is 406 g/mol. The van der Waals surface area contributed by atoms with E-state index in [0.717, 1.165) is 6.08 Å². The van der Waals surface area contributed by atoms with Crippen molar-refractivity contribution >= 4 is 30.0 Å². The number of ether oxygens (including phenoxy) is 3. The van der Waals surface area contributed by atoms with Gasteiger partial charge in [-0.1, -0.05) is 6.07 Å². The molecule has 1 aromatic carbocycles. The van der Waals surface area contributed by atoms with E-state index < -0.39 is 35.6 Å². The Kier molecular flexibility index (Phi) is 8.38. The normalized spacial score (nSPS) is 12.2. The van der Waals surface area contributed by atoms with Crippen LogP contribution in [0.2, 0.25) is 0 Å². The van der Waals surface area contributed by atoms with Crippen molar-refractivity contribution in [3.8, 4) is 5.75 Å². The van der Waals surface area contributed by atoms with Crippen molar-refractivity contribution in [1.29, 1.82) is 0 Å². The van der Waals surface area contributed by atoms with Crippen LogP contribution >= 0.6 is 0 Å². The Morgan fingerprint density at radius 2 is 1.86 bits per heavy atom. The summed E-state index contributed by atoms with van der Waals surface area (Å²) in [7, 11) is 1.23. The lowest BCUT2D eigenvalue weighted by Crippen LogP contribution is -2.47. The molecule has 0 aliphatic rings. The quantitative estimate of drug-likeness (QED) is 0.400. The van der Waals surface area contributed by atoms with E-state index in [9.17, 15) is 19.2 Å². The summed E-state index contributed by atoms with van der Waals surface area (Å²) < 4.78 is 14.8. The van der Waals surface area contributed by atoms with Crippen LogP contribution < -0.4 is 15.8 Å². The molecule has 29 heavy (non-hydrogen) atoms. The molecular weight excluding hydrogens is 380 g/mol. The highest BCUT2D eigenvalue weighted by Gasteiger charge is 2.23. The number of carbonyl (C=O) groups is 4. The highest BCUT2D eigenvalue weighted by Crippen LogP contribution is 2.23. The third-order valence-electron chi connectivity index (χ3n) is 3.40. The summed E-state index contributed by atoms with van der Waals surface area (Å²) in [6.45, 7) is 6.33. The van der Waals surface area contributed by atoms with Crippen molar-refractivity contribution in [2.75, 3.05) is 7.11 Å². The molecule has 0 radical (unpaired) electrons. The maximum atomic E-state index is 12.0. The standard InChI is InChI=1S/C20H26N2O7/c1-12(23)28-16-8-6-13(10-14(16)7-9-17(24)27-5)11-15(18(21)25)22-19(26)29-20(2,3)4/h6-10,15H,11H2,1-5H3,(H2,21,25)(H,22,26)/b9-7+/t15-/m0/s1. The first-order chi connectivity index (χ1) is 13.4. The maximum Gasteiger partial charge on any atom is 0.408 e. The van der Waals surface area contributed by atoms with Gasteiger partial charge in [-0.2, -0.15) is 0 Å². The molecule has 158 valence electrons. The van der Waals surface area contributed by atoms with Gasteiger partial charge in [-0.25, -0.2) is 9.59 Å². The van der Waals surface area contributed by atoms with Crippen LogP contribution in [0, 0.1) is 0 Å². The number of nitrogens with one attached hydrogen (secondary N) is 1. The van der Waals surface area contributed by atoms with Gasteiger partial charge in [-0.3, -0.25) is 9.59 Å². The smallest absolute Gasteiger partial charge is 0.408 e. The molecule has 1 aromatic rings. The summed E-state index contributed by atoms with van der Waals surface area (Å²) in [5.41, 5.74) is 5.67. The average Bonchev–Trinajstić information content (AvgIpc) is 2.58. The lowest BCUT2D eigenvalue weighted by atomic mass is 10.0. The van der Waals surface area contributed by atoms with Gasteiger partial charge in [0, 0.05) is 25.0 Å². The predicted octanol–water partition coefficient (Wildman–Crippen LogP) is 1.72. The second-order valence-electron chi connectivity index (χ2n) is 7.13. The third kappa shape index (κ3) is 8.91. The topological polar surface area (TPSA) is 134 Å². The van der Waals surface area contributed by atoms with Crippen LogP contribution in [0.1, 0.15) is 38.8 Å². The predicted molar refractivity (Wildman–Crippen MR) is 105 cm³/mol. The van der Waals surface area contributed by atoms with E-state index in [1.165, 1.54) is 26.2 Å². The van der Waals surface area contributed by atoms with Gasteiger partial charge in [0.2, 0.25) is 5.91 Å². The second-order valence-corrected chi connectivity index (χ2v) is 7.13. The number of carbonyl (C=O) groups excluding carboxylic acids is 4. The lowest BCUT2D eigenvalue weighted by Gasteiger charge is -2.22. The fraction of sp³-hybridized carbons (Fsp3) is 0.400. The number of rotatable bonds is 7. The van der Waals surface area contributed by atoms with Gasteiger partial charge < -0.3 is 25.3 Å². The fourth-order valence-corrected chi connectivity index (χ4v) is 2.24. The van der Waals surface area contributed by atoms with Crippen LogP contribution in [0.4, 0.5) is 4.79 Å².